The smallest absolute Gasteiger partial charge is 0.385 e. The van der Waals surface area contributed by atoms with Crippen LogP contribution in [-0.2, 0) is 11.8 Å². The van der Waals surface area contributed by atoms with E-state index >= 15 is 0 Å². The molecule has 0 saturated carbocycles. The Balaban J connectivity index is 2.20. The second-order valence-electron chi connectivity index (χ2n) is 5.74. The first kappa shape index (κ1) is 15.3. The molecule has 0 spiro atoms. The van der Waals surface area contributed by atoms with Crippen LogP contribution in [0, 0.1) is 0 Å². The first-order chi connectivity index (χ1) is 9.22. The molecule has 1 aliphatic rings. The van der Waals surface area contributed by atoms with Gasteiger partial charge in [0, 0.05) is 19.1 Å². The fraction of sp³-hybridized carbons (Fsp3) is 0.600. The highest BCUT2D eigenvalue weighted by Gasteiger charge is 2.37. The predicted molar refractivity (Wildman–Crippen MR) is 71.3 cm³/mol. The number of benzene rings is 1. The molecule has 0 amide bonds. The van der Waals surface area contributed by atoms with Gasteiger partial charge in [0.25, 0.3) is 0 Å². The fourth-order valence-corrected chi connectivity index (χ4v) is 2.68. The van der Waals surface area contributed by atoms with E-state index in [9.17, 15) is 18.3 Å². The number of aliphatic hydroxyl groups is 1. The number of likely N-dealkylation sites (tertiary alicyclic amines) is 1. The fourth-order valence-electron chi connectivity index (χ4n) is 2.68. The first-order valence-electron chi connectivity index (χ1n) is 6.86. The second-order valence-corrected chi connectivity index (χ2v) is 5.74. The van der Waals surface area contributed by atoms with Gasteiger partial charge in [-0.1, -0.05) is 12.1 Å². The van der Waals surface area contributed by atoms with Crippen molar-refractivity contribution in [3.8, 4) is 0 Å². The molecule has 5 heteroatoms. The third-order valence-electron chi connectivity index (χ3n) is 4.08. The van der Waals surface area contributed by atoms with E-state index in [2.05, 4.69) is 18.7 Å². The van der Waals surface area contributed by atoms with Gasteiger partial charge in [0.2, 0.25) is 0 Å². The van der Waals surface area contributed by atoms with Gasteiger partial charge in [-0.2, -0.15) is 13.2 Å². The summed E-state index contributed by atoms with van der Waals surface area (Å²) in [4.78, 5) is 2.22. The van der Waals surface area contributed by atoms with Crippen molar-refractivity contribution in [3.05, 3.63) is 35.4 Å². The molecular formula is C15H20F3NO. The number of rotatable bonds is 2. The summed E-state index contributed by atoms with van der Waals surface area (Å²) in [7, 11) is 0. The minimum absolute atomic E-state index is 0.371. The molecule has 0 atom stereocenters. The zero-order valence-electron chi connectivity index (χ0n) is 11.7. The first-order valence-corrected chi connectivity index (χ1v) is 6.86. The number of alkyl halides is 3. The molecule has 2 nitrogen and oxygen atoms in total. The molecule has 1 aromatic carbocycles. The van der Waals surface area contributed by atoms with Gasteiger partial charge in [0.15, 0.2) is 0 Å². The monoisotopic (exact) mass is 287 g/mol. The summed E-state index contributed by atoms with van der Waals surface area (Å²) in [6.45, 7) is 5.55. The summed E-state index contributed by atoms with van der Waals surface area (Å²) in [5.41, 5.74) is -1.47. The van der Waals surface area contributed by atoms with Crippen molar-refractivity contribution in [2.75, 3.05) is 13.1 Å². The average molecular weight is 287 g/mol. The van der Waals surface area contributed by atoms with Crippen LogP contribution in [0.1, 0.15) is 37.8 Å². The third-order valence-corrected chi connectivity index (χ3v) is 4.08. The summed E-state index contributed by atoms with van der Waals surface area (Å²) in [5, 5.41) is 10.6. The Morgan fingerprint density at radius 1 is 1.20 bits per heavy atom. The Bertz CT molecular complexity index is 462. The minimum Gasteiger partial charge on any atom is -0.385 e. The lowest BCUT2D eigenvalue weighted by atomic mass is 9.83. The Labute approximate surface area is 117 Å². The molecule has 1 aromatic rings. The van der Waals surface area contributed by atoms with Gasteiger partial charge in [0.05, 0.1) is 11.2 Å². The van der Waals surface area contributed by atoms with E-state index in [1.807, 2.05) is 0 Å². The summed E-state index contributed by atoms with van der Waals surface area (Å²) >= 11 is 0. The van der Waals surface area contributed by atoms with Crippen LogP contribution in [-0.4, -0.2) is 29.1 Å². The van der Waals surface area contributed by atoms with Crippen LogP contribution in [0.5, 0.6) is 0 Å². The van der Waals surface area contributed by atoms with E-state index in [0.717, 1.165) is 12.1 Å². The van der Waals surface area contributed by atoms with E-state index in [-0.39, 0.29) is 0 Å². The largest absolute Gasteiger partial charge is 0.416 e. The van der Waals surface area contributed by atoms with Crippen molar-refractivity contribution in [1.29, 1.82) is 0 Å². The Morgan fingerprint density at radius 2 is 1.80 bits per heavy atom. The van der Waals surface area contributed by atoms with Crippen molar-refractivity contribution < 1.29 is 18.3 Å². The summed E-state index contributed by atoms with van der Waals surface area (Å²) in [6.07, 6.45) is -3.44. The molecule has 0 radical (unpaired) electrons. The van der Waals surface area contributed by atoms with Crippen LogP contribution < -0.4 is 0 Å². The maximum Gasteiger partial charge on any atom is 0.416 e. The highest BCUT2D eigenvalue weighted by Crippen LogP contribution is 2.36. The maximum atomic E-state index is 12.7. The van der Waals surface area contributed by atoms with Crippen molar-refractivity contribution in [2.45, 2.75) is 44.5 Å². The van der Waals surface area contributed by atoms with Gasteiger partial charge >= 0.3 is 6.18 Å². The van der Waals surface area contributed by atoms with Gasteiger partial charge in [-0.3, -0.25) is 0 Å². The standard InChI is InChI=1S/C15H20F3NO/c1-11(2)19-8-6-14(20,7-9-19)12-4-3-5-13(10-12)15(16,17)18/h3-5,10-11,20H,6-9H2,1-2H3. The van der Waals surface area contributed by atoms with Crippen LogP contribution in [0.25, 0.3) is 0 Å². The summed E-state index contributed by atoms with van der Waals surface area (Å²) < 4.78 is 38.2. The second kappa shape index (κ2) is 5.37. The molecule has 1 heterocycles. The van der Waals surface area contributed by atoms with Gasteiger partial charge < -0.3 is 10.0 Å². The SMILES string of the molecule is CC(C)N1CCC(O)(c2cccc(C(F)(F)F)c2)CC1. The molecule has 1 N–H and O–H groups in total. The highest BCUT2D eigenvalue weighted by atomic mass is 19.4. The zero-order chi connectivity index (χ0) is 15.0. The molecule has 0 aliphatic carbocycles. The van der Waals surface area contributed by atoms with Crippen LogP contribution in [0.2, 0.25) is 0 Å². The van der Waals surface area contributed by atoms with E-state index in [1.54, 1.807) is 6.07 Å². The Morgan fingerprint density at radius 3 is 2.30 bits per heavy atom. The van der Waals surface area contributed by atoms with Crippen LogP contribution in [0.4, 0.5) is 13.2 Å². The number of hydrogen-bond donors (Lipinski definition) is 1. The van der Waals surface area contributed by atoms with E-state index in [1.165, 1.54) is 6.07 Å². The molecule has 1 aliphatic heterocycles. The topological polar surface area (TPSA) is 23.5 Å². The molecule has 20 heavy (non-hydrogen) atoms. The van der Waals surface area contributed by atoms with Gasteiger partial charge in [-0.15, -0.1) is 0 Å². The maximum absolute atomic E-state index is 12.7. The Kier molecular flexibility index (Phi) is 4.12. The van der Waals surface area contributed by atoms with Crippen LogP contribution in [0.3, 0.4) is 0 Å². The van der Waals surface area contributed by atoms with E-state index in [0.29, 0.717) is 37.5 Å². The number of nitrogens with zero attached hydrogens (tertiary/aromatic N) is 1. The molecule has 0 bridgehead atoms. The lowest BCUT2D eigenvalue weighted by molar-refractivity contribution is -0.137. The van der Waals surface area contributed by atoms with Crippen LogP contribution >= 0.6 is 0 Å². The van der Waals surface area contributed by atoms with E-state index < -0.39 is 17.3 Å². The highest BCUT2D eigenvalue weighted by molar-refractivity contribution is 5.30. The van der Waals surface area contributed by atoms with Crippen molar-refractivity contribution in [3.63, 3.8) is 0 Å². The average Bonchev–Trinajstić information content (AvgIpc) is 2.38. The zero-order valence-corrected chi connectivity index (χ0v) is 11.7. The lowest BCUT2D eigenvalue weighted by Crippen LogP contribution is -2.45. The van der Waals surface area contributed by atoms with E-state index in [4.69, 9.17) is 0 Å². The van der Waals surface area contributed by atoms with Crippen molar-refractivity contribution in [1.82, 2.24) is 4.90 Å². The normalized spacial score (nSPS) is 20.4. The molecule has 112 valence electrons. The Hall–Kier alpha value is -1.07. The van der Waals surface area contributed by atoms with Crippen molar-refractivity contribution >= 4 is 0 Å². The molecule has 0 aromatic heterocycles. The lowest BCUT2D eigenvalue weighted by Gasteiger charge is -2.40. The number of hydrogen-bond acceptors (Lipinski definition) is 2. The quantitative estimate of drug-likeness (QED) is 0.901. The molecule has 1 saturated heterocycles. The van der Waals surface area contributed by atoms with Gasteiger partial charge in [0.1, 0.15) is 0 Å². The molecular weight excluding hydrogens is 267 g/mol. The number of halogens is 3. The number of piperidine rings is 1. The third kappa shape index (κ3) is 3.15. The predicted octanol–water partition coefficient (Wildman–Crippen LogP) is 3.40. The molecule has 0 unspecified atom stereocenters. The summed E-state index contributed by atoms with van der Waals surface area (Å²) in [6, 6.07) is 5.45. The van der Waals surface area contributed by atoms with Gasteiger partial charge in [-0.05, 0) is 44.4 Å². The van der Waals surface area contributed by atoms with Crippen molar-refractivity contribution in [2.24, 2.45) is 0 Å². The van der Waals surface area contributed by atoms with Gasteiger partial charge in [-0.25, -0.2) is 0 Å². The minimum atomic E-state index is -4.37. The molecule has 2 rings (SSSR count). The summed E-state index contributed by atoms with van der Waals surface area (Å²) in [5.74, 6) is 0. The molecule has 1 fully saturated rings. The van der Waals surface area contributed by atoms with Crippen LogP contribution in [0.15, 0.2) is 24.3 Å².